The molecule has 0 aliphatic carbocycles. The molecule has 1 fully saturated rings. The lowest BCUT2D eigenvalue weighted by Gasteiger charge is -2.34. The van der Waals surface area contributed by atoms with Gasteiger partial charge in [-0.3, -0.25) is 0 Å². The summed E-state index contributed by atoms with van der Waals surface area (Å²) in [5.41, 5.74) is 0.371. The smallest absolute Gasteiger partial charge is 0.132 e. The van der Waals surface area contributed by atoms with Gasteiger partial charge in [0, 0.05) is 6.61 Å². The van der Waals surface area contributed by atoms with Gasteiger partial charge in [-0.15, -0.1) is 0 Å². The van der Waals surface area contributed by atoms with Crippen LogP contribution in [0.1, 0.15) is 25.3 Å². The van der Waals surface area contributed by atoms with Gasteiger partial charge in [0.2, 0.25) is 0 Å². The average Bonchev–Trinajstić information content (AvgIpc) is 2.28. The number of hydrogen-bond donors (Lipinski definition) is 1. The maximum Gasteiger partial charge on any atom is 0.132 e. The average molecular weight is 252 g/mol. The Balaban J connectivity index is 2.17. The van der Waals surface area contributed by atoms with Gasteiger partial charge in [-0.2, -0.15) is 5.26 Å². The molecule has 0 aromatic carbocycles. The summed E-state index contributed by atoms with van der Waals surface area (Å²) in [7, 11) is 0. The summed E-state index contributed by atoms with van der Waals surface area (Å²) in [5, 5.41) is 12.5. The molecule has 1 aliphatic rings. The standard InChI is InChI=1S/C12H14ClN3O/c1-12(3-2-4-17-8-12)16-11-6-9(7-14)5-10(13)15-11/h5-6H,2-4,8H2,1H3,(H,15,16). The number of ether oxygens (including phenoxy) is 1. The number of hydrogen-bond acceptors (Lipinski definition) is 4. The van der Waals surface area contributed by atoms with E-state index in [1.165, 1.54) is 0 Å². The molecule has 1 aliphatic heterocycles. The topological polar surface area (TPSA) is 57.9 Å². The summed E-state index contributed by atoms with van der Waals surface area (Å²) in [6, 6.07) is 5.31. The molecule has 4 nitrogen and oxygen atoms in total. The van der Waals surface area contributed by atoms with Gasteiger partial charge < -0.3 is 10.1 Å². The molecule has 0 bridgehead atoms. The van der Waals surface area contributed by atoms with Gasteiger partial charge >= 0.3 is 0 Å². The molecule has 1 aromatic rings. The number of nitrogens with zero attached hydrogens (tertiary/aromatic N) is 2. The molecule has 5 heteroatoms. The first-order chi connectivity index (χ1) is 8.11. The Bertz CT molecular complexity index is 450. The fourth-order valence-electron chi connectivity index (χ4n) is 1.97. The van der Waals surface area contributed by atoms with Crippen molar-refractivity contribution in [1.82, 2.24) is 4.98 Å². The first kappa shape index (κ1) is 12.2. The molecule has 1 atom stereocenters. The van der Waals surface area contributed by atoms with Crippen LogP contribution in [0, 0.1) is 11.3 Å². The van der Waals surface area contributed by atoms with Crippen LogP contribution in [0.4, 0.5) is 5.82 Å². The summed E-state index contributed by atoms with van der Waals surface area (Å²) in [5.74, 6) is 0.627. The van der Waals surface area contributed by atoms with Crippen molar-refractivity contribution in [2.75, 3.05) is 18.5 Å². The highest BCUT2D eigenvalue weighted by atomic mass is 35.5. The Labute approximate surface area is 106 Å². The fraction of sp³-hybridized carbons (Fsp3) is 0.500. The molecule has 1 unspecified atom stereocenters. The van der Waals surface area contributed by atoms with Crippen LogP contribution in [-0.2, 0) is 4.74 Å². The van der Waals surface area contributed by atoms with E-state index in [9.17, 15) is 0 Å². The minimum absolute atomic E-state index is 0.136. The van der Waals surface area contributed by atoms with Crippen LogP contribution >= 0.6 is 11.6 Å². The third-order valence-electron chi connectivity index (χ3n) is 2.79. The van der Waals surface area contributed by atoms with Crippen molar-refractivity contribution in [1.29, 1.82) is 5.26 Å². The normalized spacial score (nSPS) is 24.1. The first-order valence-electron chi connectivity index (χ1n) is 5.55. The van der Waals surface area contributed by atoms with E-state index in [2.05, 4.69) is 23.3 Å². The molecule has 1 aromatic heterocycles. The van der Waals surface area contributed by atoms with E-state index in [1.807, 2.05) is 0 Å². The van der Waals surface area contributed by atoms with Gasteiger partial charge in [0.1, 0.15) is 11.0 Å². The summed E-state index contributed by atoms with van der Waals surface area (Å²) in [6.45, 7) is 3.54. The van der Waals surface area contributed by atoms with E-state index in [1.54, 1.807) is 12.1 Å². The van der Waals surface area contributed by atoms with Crippen LogP contribution in [0.3, 0.4) is 0 Å². The van der Waals surface area contributed by atoms with Gasteiger partial charge in [-0.1, -0.05) is 11.6 Å². The van der Waals surface area contributed by atoms with Crippen molar-refractivity contribution < 1.29 is 4.74 Å². The highest BCUT2D eigenvalue weighted by Crippen LogP contribution is 2.24. The predicted octanol–water partition coefficient (Wildman–Crippen LogP) is 2.59. The number of halogens is 1. The zero-order valence-corrected chi connectivity index (χ0v) is 10.4. The van der Waals surface area contributed by atoms with Crippen LogP contribution in [0.5, 0.6) is 0 Å². The second-order valence-electron chi connectivity index (χ2n) is 4.52. The second kappa shape index (κ2) is 4.91. The van der Waals surface area contributed by atoms with Gasteiger partial charge in [0.25, 0.3) is 0 Å². The molecular weight excluding hydrogens is 238 g/mol. The van der Waals surface area contributed by atoms with Gasteiger partial charge in [-0.05, 0) is 31.9 Å². The van der Waals surface area contributed by atoms with Crippen LogP contribution in [0.25, 0.3) is 0 Å². The maximum atomic E-state index is 8.87. The van der Waals surface area contributed by atoms with Crippen molar-refractivity contribution >= 4 is 17.4 Å². The van der Waals surface area contributed by atoms with Crippen LogP contribution in [0.15, 0.2) is 12.1 Å². The monoisotopic (exact) mass is 251 g/mol. The van der Waals surface area contributed by atoms with E-state index < -0.39 is 0 Å². The van der Waals surface area contributed by atoms with E-state index in [-0.39, 0.29) is 5.54 Å². The summed E-state index contributed by atoms with van der Waals surface area (Å²) in [6.07, 6.45) is 2.04. The number of nitriles is 1. The second-order valence-corrected chi connectivity index (χ2v) is 4.90. The maximum absolute atomic E-state index is 8.87. The van der Waals surface area contributed by atoms with Crippen molar-refractivity contribution in [3.8, 4) is 6.07 Å². The number of rotatable bonds is 2. The highest BCUT2D eigenvalue weighted by molar-refractivity contribution is 6.29. The van der Waals surface area contributed by atoms with Crippen molar-refractivity contribution in [3.63, 3.8) is 0 Å². The Hall–Kier alpha value is -1.31. The quantitative estimate of drug-likeness (QED) is 0.821. The minimum Gasteiger partial charge on any atom is -0.379 e. The minimum atomic E-state index is -0.136. The zero-order chi connectivity index (χ0) is 12.3. The van der Waals surface area contributed by atoms with Crippen molar-refractivity contribution in [2.45, 2.75) is 25.3 Å². The Morgan fingerprint density at radius 1 is 1.59 bits per heavy atom. The lowest BCUT2D eigenvalue weighted by Crippen LogP contribution is -2.43. The zero-order valence-electron chi connectivity index (χ0n) is 9.66. The lowest BCUT2D eigenvalue weighted by molar-refractivity contribution is 0.0539. The molecule has 0 spiro atoms. The molecule has 2 heterocycles. The van der Waals surface area contributed by atoms with E-state index in [0.717, 1.165) is 19.4 Å². The largest absolute Gasteiger partial charge is 0.379 e. The molecule has 17 heavy (non-hydrogen) atoms. The predicted molar refractivity (Wildman–Crippen MR) is 66.0 cm³/mol. The first-order valence-corrected chi connectivity index (χ1v) is 5.93. The molecule has 1 saturated heterocycles. The number of nitrogens with one attached hydrogen (secondary N) is 1. The van der Waals surface area contributed by atoms with Crippen LogP contribution in [-0.4, -0.2) is 23.7 Å². The number of anilines is 1. The molecule has 0 amide bonds. The van der Waals surface area contributed by atoms with Crippen LogP contribution in [0.2, 0.25) is 5.15 Å². The fourth-order valence-corrected chi connectivity index (χ4v) is 2.18. The molecule has 0 saturated carbocycles. The van der Waals surface area contributed by atoms with Gasteiger partial charge in [-0.25, -0.2) is 4.98 Å². The van der Waals surface area contributed by atoms with E-state index >= 15 is 0 Å². The third-order valence-corrected chi connectivity index (χ3v) is 2.98. The van der Waals surface area contributed by atoms with Crippen molar-refractivity contribution in [2.24, 2.45) is 0 Å². The lowest BCUT2D eigenvalue weighted by atomic mass is 9.95. The SMILES string of the molecule is CC1(Nc2cc(C#N)cc(Cl)n2)CCCOC1. The molecule has 1 N–H and O–H groups in total. The molecule has 90 valence electrons. The summed E-state index contributed by atoms with van der Waals surface area (Å²) in [4.78, 5) is 4.17. The molecular formula is C12H14ClN3O. The van der Waals surface area contributed by atoms with Gasteiger partial charge in [0.05, 0.1) is 23.8 Å². The Morgan fingerprint density at radius 3 is 3.06 bits per heavy atom. The summed E-state index contributed by atoms with van der Waals surface area (Å²) >= 11 is 5.86. The Morgan fingerprint density at radius 2 is 2.41 bits per heavy atom. The third kappa shape index (κ3) is 3.09. The number of pyridine rings is 1. The molecule has 2 rings (SSSR count). The molecule has 0 radical (unpaired) electrons. The highest BCUT2D eigenvalue weighted by Gasteiger charge is 2.27. The summed E-state index contributed by atoms with van der Waals surface area (Å²) < 4.78 is 5.46. The van der Waals surface area contributed by atoms with E-state index in [4.69, 9.17) is 21.6 Å². The Kier molecular flexibility index (Phi) is 3.51. The van der Waals surface area contributed by atoms with Crippen LogP contribution < -0.4 is 5.32 Å². The van der Waals surface area contributed by atoms with Crippen molar-refractivity contribution in [3.05, 3.63) is 22.8 Å². The van der Waals surface area contributed by atoms with Gasteiger partial charge in [0.15, 0.2) is 0 Å². The number of aromatic nitrogens is 1. The van der Waals surface area contributed by atoms with E-state index in [0.29, 0.717) is 23.1 Å².